The molecule has 0 aromatic rings. The van der Waals surface area contributed by atoms with E-state index in [1.807, 2.05) is 0 Å². The summed E-state index contributed by atoms with van der Waals surface area (Å²) < 4.78 is 0. The van der Waals surface area contributed by atoms with Gasteiger partial charge in [-0.1, -0.05) is 5.11 Å². The second-order valence-corrected chi connectivity index (χ2v) is 3.37. The van der Waals surface area contributed by atoms with E-state index in [1.165, 1.54) is 19.3 Å². The zero-order chi connectivity index (χ0) is 6.32. The second-order valence-electron chi connectivity index (χ2n) is 3.37. The van der Waals surface area contributed by atoms with E-state index in [4.69, 9.17) is 5.53 Å². The Morgan fingerprint density at radius 1 is 1.56 bits per heavy atom. The molecule has 3 aliphatic carbocycles. The molecule has 0 saturated heterocycles. The van der Waals surface area contributed by atoms with Crippen LogP contribution in [0.1, 0.15) is 19.3 Å². The van der Waals surface area contributed by atoms with Crippen LogP contribution in [-0.4, -0.2) is 6.54 Å². The van der Waals surface area contributed by atoms with Crippen molar-refractivity contribution in [2.24, 2.45) is 16.4 Å². The van der Waals surface area contributed by atoms with Crippen molar-refractivity contribution in [3.8, 4) is 0 Å². The molecule has 0 heterocycles. The third kappa shape index (κ3) is 0.553. The van der Waals surface area contributed by atoms with E-state index in [1.54, 1.807) is 0 Å². The molecule has 3 fully saturated rings. The first-order valence-corrected chi connectivity index (χ1v) is 3.36. The van der Waals surface area contributed by atoms with Crippen LogP contribution < -0.4 is 0 Å². The van der Waals surface area contributed by atoms with Crippen LogP contribution in [0.3, 0.4) is 0 Å². The fourth-order valence-corrected chi connectivity index (χ4v) is 2.03. The minimum atomic E-state index is 0.497. The fourth-order valence-electron chi connectivity index (χ4n) is 2.03. The van der Waals surface area contributed by atoms with Crippen LogP contribution in [0.5, 0.6) is 0 Å². The number of hydrogen-bond acceptors (Lipinski definition) is 1. The molecule has 0 amide bonds. The van der Waals surface area contributed by atoms with Gasteiger partial charge in [0.2, 0.25) is 0 Å². The molecule has 0 spiro atoms. The molecule has 3 rings (SSSR count). The van der Waals surface area contributed by atoms with Gasteiger partial charge in [-0.25, -0.2) is 0 Å². The third-order valence-corrected chi connectivity index (χ3v) is 2.63. The van der Waals surface area contributed by atoms with Crippen LogP contribution in [0.2, 0.25) is 0 Å². The Labute approximate surface area is 53.7 Å². The van der Waals surface area contributed by atoms with E-state index in [2.05, 4.69) is 10.0 Å². The molecule has 0 aliphatic heterocycles. The summed E-state index contributed by atoms with van der Waals surface area (Å²) >= 11 is 0. The molecule has 9 heavy (non-hydrogen) atoms. The Kier molecular flexibility index (Phi) is 0.809. The van der Waals surface area contributed by atoms with Crippen molar-refractivity contribution >= 4 is 0 Å². The van der Waals surface area contributed by atoms with Gasteiger partial charge in [-0.3, -0.25) is 0 Å². The maximum absolute atomic E-state index is 8.02. The van der Waals surface area contributed by atoms with Crippen LogP contribution in [0.15, 0.2) is 5.11 Å². The van der Waals surface area contributed by atoms with Gasteiger partial charge < -0.3 is 0 Å². The predicted octanol–water partition coefficient (Wildman–Crippen LogP) is 2.10. The van der Waals surface area contributed by atoms with E-state index in [0.717, 1.165) is 12.5 Å². The molecule has 3 nitrogen and oxygen atoms in total. The normalized spacial score (nSPS) is 44.2. The lowest BCUT2D eigenvalue weighted by Crippen LogP contribution is -2.53. The molecular formula is C6H9N3. The number of hydrogen-bond donors (Lipinski definition) is 0. The first-order chi connectivity index (χ1) is 4.35. The molecule has 3 saturated carbocycles. The second kappa shape index (κ2) is 1.42. The number of azide groups is 1. The lowest BCUT2D eigenvalue weighted by atomic mass is 9.44. The summed E-state index contributed by atoms with van der Waals surface area (Å²) in [6.07, 6.45) is 3.98. The minimum absolute atomic E-state index is 0.497. The Bertz CT molecular complexity index is 164. The lowest BCUT2D eigenvalue weighted by Gasteiger charge is -2.61. The summed E-state index contributed by atoms with van der Waals surface area (Å²) in [6, 6.07) is 0. The van der Waals surface area contributed by atoms with Crippen molar-refractivity contribution in [1.29, 1.82) is 0 Å². The van der Waals surface area contributed by atoms with Crippen LogP contribution in [0, 0.1) is 11.3 Å². The summed E-state index contributed by atoms with van der Waals surface area (Å²) in [5.41, 5.74) is 8.52. The van der Waals surface area contributed by atoms with Gasteiger partial charge in [0.1, 0.15) is 0 Å². The highest BCUT2D eigenvalue weighted by Gasteiger charge is 2.55. The Balaban J connectivity index is 1.91. The molecule has 2 bridgehead atoms. The SMILES string of the molecule is [N-]=[N+]=NCC12CC(C1)C2. The van der Waals surface area contributed by atoms with Gasteiger partial charge in [-0.2, -0.15) is 0 Å². The molecule has 0 unspecified atom stereocenters. The maximum atomic E-state index is 8.02. The third-order valence-electron chi connectivity index (χ3n) is 2.63. The first-order valence-electron chi connectivity index (χ1n) is 3.36. The highest BCUT2D eigenvalue weighted by molar-refractivity contribution is 5.07. The van der Waals surface area contributed by atoms with Gasteiger partial charge in [0.05, 0.1) is 0 Å². The maximum Gasteiger partial charge on any atom is 0.0314 e. The summed E-state index contributed by atoms with van der Waals surface area (Å²) in [5, 5.41) is 3.58. The summed E-state index contributed by atoms with van der Waals surface area (Å²) in [4.78, 5) is 2.75. The largest absolute Gasteiger partial charge is 0.0934 e. The predicted molar refractivity (Wildman–Crippen MR) is 33.8 cm³/mol. The van der Waals surface area contributed by atoms with Gasteiger partial charge in [0.25, 0.3) is 0 Å². The topological polar surface area (TPSA) is 48.8 Å². The molecular weight excluding hydrogens is 114 g/mol. The summed E-state index contributed by atoms with van der Waals surface area (Å²) in [6.45, 7) is 0.750. The lowest BCUT2D eigenvalue weighted by molar-refractivity contribution is -0.0962. The van der Waals surface area contributed by atoms with Crippen LogP contribution in [0.25, 0.3) is 10.4 Å². The quantitative estimate of drug-likeness (QED) is 0.306. The number of rotatable bonds is 2. The Morgan fingerprint density at radius 2 is 2.22 bits per heavy atom. The Morgan fingerprint density at radius 3 is 2.56 bits per heavy atom. The fraction of sp³-hybridized carbons (Fsp3) is 1.00. The number of nitrogens with zero attached hydrogens (tertiary/aromatic N) is 3. The zero-order valence-corrected chi connectivity index (χ0v) is 5.25. The van der Waals surface area contributed by atoms with E-state index in [-0.39, 0.29) is 0 Å². The first kappa shape index (κ1) is 5.12. The average Bonchev–Trinajstić information content (AvgIpc) is 1.59. The van der Waals surface area contributed by atoms with Gasteiger partial charge >= 0.3 is 0 Å². The van der Waals surface area contributed by atoms with Gasteiger partial charge in [0, 0.05) is 11.5 Å². The molecule has 3 aliphatic rings. The zero-order valence-electron chi connectivity index (χ0n) is 5.25. The molecule has 0 aromatic carbocycles. The van der Waals surface area contributed by atoms with E-state index < -0.39 is 0 Å². The minimum Gasteiger partial charge on any atom is -0.0934 e. The average molecular weight is 123 g/mol. The van der Waals surface area contributed by atoms with Crippen molar-refractivity contribution in [3.05, 3.63) is 10.4 Å². The molecule has 3 heteroatoms. The van der Waals surface area contributed by atoms with Gasteiger partial charge in [0.15, 0.2) is 0 Å². The highest BCUT2D eigenvalue weighted by atomic mass is 15.1. The van der Waals surface area contributed by atoms with Crippen molar-refractivity contribution in [3.63, 3.8) is 0 Å². The van der Waals surface area contributed by atoms with Crippen molar-refractivity contribution in [2.45, 2.75) is 19.3 Å². The van der Waals surface area contributed by atoms with Crippen molar-refractivity contribution in [1.82, 2.24) is 0 Å². The van der Waals surface area contributed by atoms with Crippen LogP contribution >= 0.6 is 0 Å². The highest BCUT2D eigenvalue weighted by Crippen LogP contribution is 2.64. The summed E-state index contributed by atoms with van der Waals surface area (Å²) in [5.74, 6) is 0.999. The van der Waals surface area contributed by atoms with E-state index in [0.29, 0.717) is 5.41 Å². The molecule has 0 radical (unpaired) electrons. The van der Waals surface area contributed by atoms with Crippen LogP contribution in [-0.2, 0) is 0 Å². The van der Waals surface area contributed by atoms with Crippen molar-refractivity contribution in [2.75, 3.05) is 6.54 Å². The van der Waals surface area contributed by atoms with E-state index in [9.17, 15) is 0 Å². The molecule has 0 N–H and O–H groups in total. The molecule has 48 valence electrons. The molecule has 0 atom stereocenters. The molecule has 0 aromatic heterocycles. The van der Waals surface area contributed by atoms with Gasteiger partial charge in [-0.05, 0) is 36.1 Å². The van der Waals surface area contributed by atoms with Crippen LogP contribution in [0.4, 0.5) is 0 Å². The Hall–Kier alpha value is -0.690. The van der Waals surface area contributed by atoms with Crippen molar-refractivity contribution < 1.29 is 0 Å². The standard InChI is InChI=1S/C6H9N3/c7-9-8-4-6-1-5(2-6)3-6/h5H,1-4H2. The monoisotopic (exact) mass is 123 g/mol. The smallest absolute Gasteiger partial charge is 0.0314 e. The summed E-state index contributed by atoms with van der Waals surface area (Å²) in [7, 11) is 0. The van der Waals surface area contributed by atoms with Gasteiger partial charge in [-0.15, -0.1) is 0 Å². The van der Waals surface area contributed by atoms with E-state index >= 15 is 0 Å².